The molecule has 2 nitrogen and oxygen atoms in total. The molecule has 0 aliphatic carbocycles. The molecule has 3 N–H and O–H groups in total. The van der Waals surface area contributed by atoms with E-state index in [4.69, 9.17) is 10.8 Å². The summed E-state index contributed by atoms with van der Waals surface area (Å²) in [5.41, 5.74) is 4.00. The lowest BCUT2D eigenvalue weighted by molar-refractivity contribution is -0.210. The number of hydrogen-bond donors (Lipinski definition) is 2. The van der Waals surface area contributed by atoms with E-state index in [1.54, 1.807) is 0 Å². The van der Waals surface area contributed by atoms with Gasteiger partial charge in [0.15, 0.2) is 17.7 Å². The molecule has 0 aliphatic heterocycles. The summed E-state index contributed by atoms with van der Waals surface area (Å²) in [6, 6.07) is -1.98. The number of rotatable bonds is 2. The van der Waals surface area contributed by atoms with E-state index in [2.05, 4.69) is 0 Å². The molecule has 0 bridgehead atoms. The van der Waals surface area contributed by atoms with Gasteiger partial charge in [-0.25, -0.2) is 13.2 Å². The standard InChI is InChI=1S/C9H7F6NO.ClH/c10-4-2-6(12)5(11)1-3(4)7(16)8(17)9(13,14)15;/h1-2,7-8,17H,16H2;1H/t7-,8-;/m0./s1. The Balaban J connectivity index is 0.00000289. The van der Waals surface area contributed by atoms with E-state index < -0.39 is 41.3 Å². The van der Waals surface area contributed by atoms with Gasteiger partial charge in [-0.15, -0.1) is 12.4 Å². The molecule has 2 atom stereocenters. The summed E-state index contributed by atoms with van der Waals surface area (Å²) in [7, 11) is 0. The Morgan fingerprint density at radius 3 is 1.89 bits per heavy atom. The van der Waals surface area contributed by atoms with E-state index in [-0.39, 0.29) is 24.5 Å². The Morgan fingerprint density at radius 2 is 1.44 bits per heavy atom. The number of benzene rings is 1. The largest absolute Gasteiger partial charge is 0.416 e. The highest BCUT2D eigenvalue weighted by Gasteiger charge is 2.43. The molecule has 0 radical (unpaired) electrons. The van der Waals surface area contributed by atoms with Crippen molar-refractivity contribution in [3.63, 3.8) is 0 Å². The van der Waals surface area contributed by atoms with Gasteiger partial charge in [0.1, 0.15) is 5.82 Å². The number of nitrogens with two attached hydrogens (primary N) is 1. The fraction of sp³-hybridized carbons (Fsp3) is 0.333. The van der Waals surface area contributed by atoms with Crippen LogP contribution < -0.4 is 5.73 Å². The van der Waals surface area contributed by atoms with E-state index >= 15 is 0 Å². The van der Waals surface area contributed by atoms with Gasteiger partial charge >= 0.3 is 6.18 Å². The minimum atomic E-state index is -5.09. The maximum absolute atomic E-state index is 13.1. The molecule has 0 spiro atoms. The van der Waals surface area contributed by atoms with Crippen LogP contribution in [0.3, 0.4) is 0 Å². The second-order valence-electron chi connectivity index (χ2n) is 3.30. The second kappa shape index (κ2) is 5.77. The number of halogens is 7. The Kier molecular flexibility index (Phi) is 5.45. The van der Waals surface area contributed by atoms with Crippen molar-refractivity contribution in [2.45, 2.75) is 18.3 Å². The van der Waals surface area contributed by atoms with Crippen molar-refractivity contribution in [3.8, 4) is 0 Å². The molecule has 0 unspecified atom stereocenters. The summed E-state index contributed by atoms with van der Waals surface area (Å²) in [5.74, 6) is -4.56. The average Bonchev–Trinajstić information content (AvgIpc) is 2.20. The number of aliphatic hydroxyl groups is 1. The fourth-order valence-electron chi connectivity index (χ4n) is 1.17. The van der Waals surface area contributed by atoms with Crippen molar-refractivity contribution in [3.05, 3.63) is 35.1 Å². The average molecular weight is 296 g/mol. The normalized spacial score (nSPS) is 14.9. The zero-order valence-electron chi connectivity index (χ0n) is 8.51. The monoisotopic (exact) mass is 295 g/mol. The van der Waals surface area contributed by atoms with Crippen LogP contribution in [-0.4, -0.2) is 17.4 Å². The molecule has 0 heterocycles. The molecule has 104 valence electrons. The first kappa shape index (κ1) is 17.0. The Morgan fingerprint density at radius 1 is 1.00 bits per heavy atom. The van der Waals surface area contributed by atoms with Gasteiger partial charge in [-0.2, -0.15) is 13.2 Å². The summed E-state index contributed by atoms with van der Waals surface area (Å²) < 4.78 is 74.5. The van der Waals surface area contributed by atoms with Crippen molar-refractivity contribution >= 4 is 12.4 Å². The van der Waals surface area contributed by atoms with Crippen molar-refractivity contribution in [1.29, 1.82) is 0 Å². The molecule has 0 saturated heterocycles. The molecule has 0 aromatic heterocycles. The second-order valence-corrected chi connectivity index (χ2v) is 3.30. The van der Waals surface area contributed by atoms with Crippen molar-refractivity contribution in [1.82, 2.24) is 0 Å². The molecule has 0 saturated carbocycles. The van der Waals surface area contributed by atoms with E-state index in [0.29, 0.717) is 0 Å². The van der Waals surface area contributed by atoms with Gasteiger partial charge in [0, 0.05) is 11.6 Å². The highest BCUT2D eigenvalue weighted by molar-refractivity contribution is 5.85. The molecule has 1 rings (SSSR count). The highest BCUT2D eigenvalue weighted by Crippen LogP contribution is 2.30. The third kappa shape index (κ3) is 3.50. The predicted octanol–water partition coefficient (Wildman–Crippen LogP) is 2.45. The van der Waals surface area contributed by atoms with Crippen LogP contribution in [0.4, 0.5) is 26.3 Å². The minimum absolute atomic E-state index is 0. The van der Waals surface area contributed by atoms with Gasteiger partial charge < -0.3 is 10.8 Å². The Bertz CT molecular complexity index is 424. The molecule has 18 heavy (non-hydrogen) atoms. The summed E-state index contributed by atoms with van der Waals surface area (Å²) >= 11 is 0. The zero-order chi connectivity index (χ0) is 13.4. The van der Waals surface area contributed by atoms with Crippen LogP contribution in [0.25, 0.3) is 0 Å². The van der Waals surface area contributed by atoms with Crippen molar-refractivity contribution in [2.24, 2.45) is 5.73 Å². The van der Waals surface area contributed by atoms with Crippen molar-refractivity contribution < 1.29 is 31.4 Å². The lowest BCUT2D eigenvalue weighted by Crippen LogP contribution is -2.39. The Labute approximate surface area is 104 Å². The maximum atomic E-state index is 13.1. The van der Waals surface area contributed by atoms with Crippen LogP contribution >= 0.6 is 12.4 Å². The van der Waals surface area contributed by atoms with Crippen LogP contribution in [-0.2, 0) is 0 Å². The molecule has 1 aromatic rings. The first-order valence-electron chi connectivity index (χ1n) is 4.29. The van der Waals surface area contributed by atoms with Crippen LogP contribution in [0.1, 0.15) is 11.6 Å². The van der Waals surface area contributed by atoms with Gasteiger partial charge in [0.2, 0.25) is 0 Å². The van der Waals surface area contributed by atoms with E-state index in [1.165, 1.54) is 0 Å². The molecular weight excluding hydrogens is 288 g/mol. The molecule has 1 aromatic carbocycles. The summed E-state index contributed by atoms with van der Waals surface area (Å²) in [5, 5.41) is 8.76. The van der Waals surface area contributed by atoms with Crippen LogP contribution in [0, 0.1) is 17.5 Å². The molecule has 0 fully saturated rings. The summed E-state index contributed by atoms with van der Waals surface area (Å²) in [6.45, 7) is 0. The van der Waals surface area contributed by atoms with E-state index in [1.807, 2.05) is 0 Å². The summed E-state index contributed by atoms with van der Waals surface area (Å²) in [6.07, 6.45) is -8.15. The Hall–Kier alpha value is -0.990. The van der Waals surface area contributed by atoms with Crippen LogP contribution in [0.5, 0.6) is 0 Å². The van der Waals surface area contributed by atoms with E-state index in [0.717, 1.165) is 0 Å². The molecular formula is C9H8ClF6NO. The third-order valence-electron chi connectivity index (χ3n) is 2.07. The first-order chi connectivity index (χ1) is 7.64. The van der Waals surface area contributed by atoms with Crippen molar-refractivity contribution in [2.75, 3.05) is 0 Å². The number of aliphatic hydroxyl groups excluding tert-OH is 1. The molecule has 0 amide bonds. The first-order valence-corrected chi connectivity index (χ1v) is 4.29. The lowest BCUT2D eigenvalue weighted by atomic mass is 10.0. The van der Waals surface area contributed by atoms with E-state index in [9.17, 15) is 26.3 Å². The molecule has 0 aliphatic rings. The van der Waals surface area contributed by atoms with Gasteiger partial charge in [-0.05, 0) is 6.07 Å². The zero-order valence-corrected chi connectivity index (χ0v) is 9.33. The number of hydrogen-bond acceptors (Lipinski definition) is 2. The number of alkyl halides is 3. The van der Waals surface area contributed by atoms with Gasteiger partial charge in [0.05, 0.1) is 6.04 Å². The predicted molar refractivity (Wildman–Crippen MR) is 52.6 cm³/mol. The third-order valence-corrected chi connectivity index (χ3v) is 2.07. The summed E-state index contributed by atoms with van der Waals surface area (Å²) in [4.78, 5) is 0. The SMILES string of the molecule is Cl.N[C@@H](c1cc(F)c(F)cc1F)[C@H](O)C(F)(F)F. The van der Waals surface area contributed by atoms with Gasteiger partial charge in [-0.3, -0.25) is 0 Å². The minimum Gasteiger partial charge on any atom is -0.382 e. The van der Waals surface area contributed by atoms with Gasteiger partial charge in [0.25, 0.3) is 0 Å². The van der Waals surface area contributed by atoms with Gasteiger partial charge in [-0.1, -0.05) is 0 Å². The lowest BCUT2D eigenvalue weighted by Gasteiger charge is -2.22. The topological polar surface area (TPSA) is 46.2 Å². The fourth-order valence-corrected chi connectivity index (χ4v) is 1.17. The highest BCUT2D eigenvalue weighted by atomic mass is 35.5. The van der Waals surface area contributed by atoms with Crippen LogP contribution in [0.15, 0.2) is 12.1 Å². The smallest absolute Gasteiger partial charge is 0.382 e. The molecule has 9 heteroatoms. The quantitative estimate of drug-likeness (QED) is 0.650. The maximum Gasteiger partial charge on any atom is 0.416 e. The van der Waals surface area contributed by atoms with Crippen LogP contribution in [0.2, 0.25) is 0 Å².